The summed E-state index contributed by atoms with van der Waals surface area (Å²) in [7, 11) is 0. The number of nitrogens with two attached hydrogens (primary N) is 1. The molecule has 10 heteroatoms. The highest BCUT2D eigenvalue weighted by atomic mass is 16.7. The van der Waals surface area contributed by atoms with Crippen molar-refractivity contribution in [2.75, 3.05) is 6.54 Å². The zero-order valence-electron chi connectivity index (χ0n) is 12.3. The summed E-state index contributed by atoms with van der Waals surface area (Å²) in [6.07, 6.45) is -0.0942. The Labute approximate surface area is 131 Å². The van der Waals surface area contributed by atoms with Crippen LogP contribution in [0.1, 0.15) is 24.8 Å². The highest BCUT2D eigenvalue weighted by Crippen LogP contribution is 2.26. The second-order valence-electron chi connectivity index (χ2n) is 4.91. The van der Waals surface area contributed by atoms with Crippen molar-refractivity contribution in [2.24, 2.45) is 5.73 Å². The fourth-order valence-corrected chi connectivity index (χ4v) is 2.21. The minimum atomic E-state index is -2.84. The van der Waals surface area contributed by atoms with Crippen LogP contribution < -0.4 is 5.73 Å². The zero-order valence-corrected chi connectivity index (χ0v) is 12.3. The van der Waals surface area contributed by atoms with Crippen LogP contribution in [0.3, 0.4) is 0 Å². The van der Waals surface area contributed by atoms with Gasteiger partial charge in [0, 0.05) is 0 Å². The highest BCUT2D eigenvalue weighted by Gasteiger charge is 2.62. The second-order valence-corrected chi connectivity index (χ2v) is 4.91. The fraction of sp³-hybridized carbons (Fsp3) is 0.462. The summed E-state index contributed by atoms with van der Waals surface area (Å²) in [4.78, 5) is 33.2. The van der Waals surface area contributed by atoms with Gasteiger partial charge in [0.15, 0.2) is 5.03 Å². The molecule has 1 aromatic carbocycles. The van der Waals surface area contributed by atoms with Crippen molar-refractivity contribution in [3.8, 4) is 0 Å². The quantitative estimate of drug-likeness (QED) is 0.278. The fourth-order valence-electron chi connectivity index (χ4n) is 2.21. The van der Waals surface area contributed by atoms with E-state index in [0.717, 1.165) is 0 Å². The van der Waals surface area contributed by atoms with Gasteiger partial charge >= 0.3 is 11.6 Å². The molecule has 0 radical (unpaired) electrons. The van der Waals surface area contributed by atoms with Gasteiger partial charge in [-0.15, -0.1) is 0 Å². The first-order chi connectivity index (χ1) is 10.9. The van der Waals surface area contributed by atoms with Crippen molar-refractivity contribution in [2.45, 2.75) is 31.5 Å². The van der Waals surface area contributed by atoms with Crippen molar-refractivity contribution in [1.29, 1.82) is 0 Å². The minimum Gasteiger partial charge on any atom is -0.474 e. The molecule has 1 aromatic rings. The molecule has 0 saturated carbocycles. The topological polar surface area (TPSA) is 153 Å². The third kappa shape index (κ3) is 4.13. The van der Waals surface area contributed by atoms with Gasteiger partial charge in [0.25, 0.3) is 0 Å². The maximum absolute atomic E-state index is 11.6. The summed E-state index contributed by atoms with van der Waals surface area (Å²) in [5, 5.41) is 31.3. The Morgan fingerprint density at radius 2 is 1.83 bits per heavy atom. The molecule has 0 amide bonds. The standard InChI is InChI=1S/C13H18N4O6/c14-9-5-4-8-13(12(18)19,16(20)21)15(17(22)23)10-11-6-2-1-3-7-11/h1-3,6-7H,4-5,8-10,14H2,(H,18,19)/t13-/m1/s1. The maximum Gasteiger partial charge on any atom is 0.439 e. The Hall–Kier alpha value is -2.75. The molecule has 1 atom stereocenters. The number of hydrogen-bond acceptors (Lipinski definition) is 6. The smallest absolute Gasteiger partial charge is 0.439 e. The van der Waals surface area contributed by atoms with E-state index in [-0.39, 0.29) is 18.0 Å². The van der Waals surface area contributed by atoms with E-state index in [1.807, 2.05) is 0 Å². The Morgan fingerprint density at radius 1 is 1.22 bits per heavy atom. The third-order valence-electron chi connectivity index (χ3n) is 3.42. The predicted octanol–water partition coefficient (Wildman–Crippen LogP) is 0.867. The zero-order chi connectivity index (χ0) is 17.5. The van der Waals surface area contributed by atoms with Crippen LogP contribution in [0.15, 0.2) is 30.3 Å². The Morgan fingerprint density at radius 3 is 2.26 bits per heavy atom. The summed E-state index contributed by atoms with van der Waals surface area (Å²) >= 11 is 0. The Balaban J connectivity index is 3.23. The Kier molecular flexibility index (Phi) is 6.39. The van der Waals surface area contributed by atoms with Crippen molar-refractivity contribution in [3.63, 3.8) is 0 Å². The number of hydrazine groups is 1. The summed E-state index contributed by atoms with van der Waals surface area (Å²) in [6, 6.07) is 7.96. The SMILES string of the molecule is NCCCC[C@@](C(=O)O)(N(Cc1ccccc1)[N+](=O)[O-])[N+](=O)[O-]. The minimum absolute atomic E-state index is 0.0862. The highest BCUT2D eigenvalue weighted by molar-refractivity contribution is 5.76. The van der Waals surface area contributed by atoms with Gasteiger partial charge in [-0.1, -0.05) is 30.3 Å². The summed E-state index contributed by atoms with van der Waals surface area (Å²) < 4.78 is 0. The van der Waals surface area contributed by atoms with Crippen LogP contribution in [0, 0.1) is 20.2 Å². The molecule has 0 spiro atoms. The molecule has 0 fully saturated rings. The average molecular weight is 326 g/mol. The molecule has 1 rings (SSSR count). The molecule has 23 heavy (non-hydrogen) atoms. The van der Waals surface area contributed by atoms with Crippen LogP contribution in [0.4, 0.5) is 0 Å². The number of rotatable bonds is 10. The van der Waals surface area contributed by atoms with E-state index in [1.54, 1.807) is 18.2 Å². The number of nitrogens with zero attached hydrogens (tertiary/aromatic N) is 3. The number of unbranched alkanes of at least 4 members (excludes halogenated alkanes) is 1. The lowest BCUT2D eigenvalue weighted by atomic mass is 10.0. The van der Waals surface area contributed by atoms with Crippen LogP contribution >= 0.6 is 0 Å². The second kappa shape index (κ2) is 8.03. The van der Waals surface area contributed by atoms with E-state index >= 15 is 0 Å². The normalized spacial score (nSPS) is 13.1. The van der Waals surface area contributed by atoms with Gasteiger partial charge in [0.2, 0.25) is 0 Å². The van der Waals surface area contributed by atoms with Crippen LogP contribution in [0.25, 0.3) is 0 Å². The van der Waals surface area contributed by atoms with Crippen LogP contribution in [-0.2, 0) is 11.3 Å². The molecule has 0 saturated heterocycles. The van der Waals surface area contributed by atoms with Gasteiger partial charge < -0.3 is 10.8 Å². The van der Waals surface area contributed by atoms with Crippen LogP contribution in [-0.4, -0.2) is 38.2 Å². The van der Waals surface area contributed by atoms with Crippen molar-refractivity contribution in [3.05, 3.63) is 56.1 Å². The lowest BCUT2D eigenvalue weighted by Crippen LogP contribution is -2.61. The number of aliphatic carboxylic acids is 1. The van der Waals surface area contributed by atoms with Crippen LogP contribution in [0.2, 0.25) is 0 Å². The van der Waals surface area contributed by atoms with Gasteiger partial charge in [-0.3, -0.25) is 10.1 Å². The largest absolute Gasteiger partial charge is 0.474 e. The first kappa shape index (κ1) is 18.3. The number of carbonyl (C=O) groups is 1. The Bertz CT molecular complexity index is 551. The number of benzene rings is 1. The van der Waals surface area contributed by atoms with Gasteiger partial charge in [-0.05, 0) is 30.0 Å². The molecule has 0 aliphatic heterocycles. The van der Waals surface area contributed by atoms with Crippen LogP contribution in [0.5, 0.6) is 0 Å². The summed E-state index contributed by atoms with van der Waals surface area (Å²) in [5.74, 6) is -1.87. The first-order valence-electron chi connectivity index (χ1n) is 6.90. The monoisotopic (exact) mass is 326 g/mol. The van der Waals surface area contributed by atoms with E-state index < -0.39 is 34.6 Å². The number of carboxylic acids is 1. The molecule has 126 valence electrons. The van der Waals surface area contributed by atoms with E-state index in [9.17, 15) is 30.1 Å². The van der Waals surface area contributed by atoms with E-state index in [4.69, 9.17) is 5.73 Å². The van der Waals surface area contributed by atoms with Crippen molar-refractivity contribution >= 4 is 5.97 Å². The molecular formula is C13H18N4O6. The predicted molar refractivity (Wildman–Crippen MR) is 79.2 cm³/mol. The molecule has 0 aliphatic rings. The summed E-state index contributed by atoms with van der Waals surface area (Å²) in [5.41, 5.74) is 2.86. The average Bonchev–Trinajstić information content (AvgIpc) is 2.50. The molecule has 10 nitrogen and oxygen atoms in total. The van der Waals surface area contributed by atoms with Crippen molar-refractivity contribution < 1.29 is 19.9 Å². The van der Waals surface area contributed by atoms with Gasteiger partial charge in [-0.25, -0.2) is 14.9 Å². The molecule has 0 bridgehead atoms. The molecule has 0 aliphatic carbocycles. The lowest BCUT2D eigenvalue weighted by Gasteiger charge is -2.26. The van der Waals surface area contributed by atoms with Gasteiger partial charge in [0.05, 0.1) is 11.3 Å². The molecule has 0 unspecified atom stereocenters. The van der Waals surface area contributed by atoms with Crippen molar-refractivity contribution in [1.82, 2.24) is 5.01 Å². The van der Waals surface area contributed by atoms with Gasteiger partial charge in [0.1, 0.15) is 6.54 Å². The first-order valence-corrected chi connectivity index (χ1v) is 6.90. The van der Waals surface area contributed by atoms with E-state index in [0.29, 0.717) is 12.0 Å². The lowest BCUT2D eigenvalue weighted by molar-refractivity contribution is -0.754. The summed E-state index contributed by atoms with van der Waals surface area (Å²) in [6.45, 7) is -0.283. The van der Waals surface area contributed by atoms with E-state index in [1.165, 1.54) is 12.1 Å². The third-order valence-corrected chi connectivity index (χ3v) is 3.42. The number of nitro groups is 2. The molecule has 0 aromatic heterocycles. The number of hydrogen-bond donors (Lipinski definition) is 2. The molecular weight excluding hydrogens is 308 g/mol. The number of carboxylic acid groups (broad SMARTS) is 1. The van der Waals surface area contributed by atoms with E-state index in [2.05, 4.69) is 0 Å². The maximum atomic E-state index is 11.6. The molecule has 0 heterocycles. The van der Waals surface area contributed by atoms with Gasteiger partial charge in [-0.2, -0.15) is 0 Å². The molecule has 3 N–H and O–H groups in total.